The number of benzene rings is 1. The third kappa shape index (κ3) is 27.2. The van der Waals surface area contributed by atoms with Gasteiger partial charge in [-0.25, -0.2) is 14.5 Å². The first-order valence-corrected chi connectivity index (χ1v) is 24.6. The van der Waals surface area contributed by atoms with Gasteiger partial charge in [-0.05, 0) is 0 Å². The molecule has 3 heterocycles. The molecule has 420 valence electrons. The van der Waals surface area contributed by atoms with E-state index < -0.39 is 47.4 Å². The molecule has 0 aromatic heterocycles. The number of carbonyl (C=O) groups is 8. The second kappa shape index (κ2) is 38.9. The van der Waals surface area contributed by atoms with Crippen molar-refractivity contribution >= 4 is 53.1 Å². The summed E-state index contributed by atoms with van der Waals surface area (Å²) in [6.45, 7) is 7.80. The summed E-state index contributed by atoms with van der Waals surface area (Å²) >= 11 is 0. The van der Waals surface area contributed by atoms with Gasteiger partial charge in [0.15, 0.2) is 0 Å². The molecular weight excluding hydrogens is 1000 g/mol. The number of rotatable bonds is 47. The minimum atomic E-state index is -0.724. The highest BCUT2D eigenvalue weighted by molar-refractivity contribution is 6.28. The summed E-state index contributed by atoms with van der Waals surface area (Å²) in [5, 5.41) is 1.01. The van der Waals surface area contributed by atoms with Crippen LogP contribution in [0.25, 0.3) is 0 Å². The van der Waals surface area contributed by atoms with Crippen LogP contribution in [-0.4, -0.2) is 229 Å². The van der Waals surface area contributed by atoms with Crippen LogP contribution in [0.2, 0.25) is 0 Å². The number of carbonyl (C=O) groups excluding carboxylic acids is 8. The lowest BCUT2D eigenvalue weighted by molar-refractivity contribution is -0.198. The number of nitrogens with zero attached hydrogens (tertiary/aromatic N) is 3. The van der Waals surface area contributed by atoms with Crippen molar-refractivity contribution in [3.05, 3.63) is 30.4 Å². The normalized spacial score (nSPS) is 14.6. The largest absolute Gasteiger partial charge is 0.491 e. The molecule has 27 nitrogen and oxygen atoms in total. The fourth-order valence-electron chi connectivity index (χ4n) is 6.27. The van der Waals surface area contributed by atoms with Crippen molar-refractivity contribution in [3.63, 3.8) is 0 Å². The molecule has 0 unspecified atom stereocenters. The van der Waals surface area contributed by atoms with Crippen molar-refractivity contribution in [1.29, 1.82) is 0 Å². The Morgan fingerprint density at radius 2 is 0.573 bits per heavy atom. The first-order chi connectivity index (χ1) is 36.6. The molecule has 75 heavy (non-hydrogen) atoms. The third-order valence-corrected chi connectivity index (χ3v) is 9.94. The SMILES string of the molecule is O=C(CCOCCOCCOCCOCCOCCOCCOc1cc(OCCOCCOCCOCCOCCOCCOCCC(=O)ON2C(=O)CCC2=O)cc(N2C(=O)C=CC2=O)c1)ON1C(=O)CCC1=O. The molecule has 0 radical (unpaired) electrons. The van der Waals surface area contributed by atoms with Gasteiger partial charge < -0.3 is 76.0 Å². The molecule has 2 fully saturated rings. The second-order valence-corrected chi connectivity index (χ2v) is 15.6. The monoisotopic (exact) mass is 1070 g/mol. The molecule has 6 amide bonds. The van der Waals surface area contributed by atoms with Crippen LogP contribution < -0.4 is 14.4 Å². The summed E-state index contributed by atoms with van der Waals surface area (Å²) in [6, 6.07) is 4.78. The minimum absolute atomic E-state index is 0.0366. The van der Waals surface area contributed by atoms with Crippen LogP contribution in [0.5, 0.6) is 11.5 Å². The van der Waals surface area contributed by atoms with E-state index in [0.717, 1.165) is 4.90 Å². The van der Waals surface area contributed by atoms with Gasteiger partial charge in [-0.1, -0.05) is 0 Å². The molecule has 1 aromatic rings. The predicted octanol–water partition coefficient (Wildman–Crippen LogP) is 0.0674. The Hall–Kier alpha value is -5.56. The average molecular weight is 1070 g/mol. The lowest BCUT2D eigenvalue weighted by Crippen LogP contribution is -2.32. The summed E-state index contributed by atoms with van der Waals surface area (Å²) in [4.78, 5) is 105. The number of hydroxylamine groups is 4. The van der Waals surface area contributed by atoms with Crippen molar-refractivity contribution < 1.29 is 114 Å². The van der Waals surface area contributed by atoms with Crippen molar-refractivity contribution in [1.82, 2.24) is 10.1 Å². The van der Waals surface area contributed by atoms with Gasteiger partial charge in [-0.2, -0.15) is 0 Å². The fourth-order valence-corrected chi connectivity index (χ4v) is 6.27. The summed E-state index contributed by atoms with van der Waals surface area (Å²) < 4.78 is 77.3. The number of hydrogen-bond donors (Lipinski definition) is 0. The van der Waals surface area contributed by atoms with Gasteiger partial charge in [0.25, 0.3) is 35.4 Å². The van der Waals surface area contributed by atoms with Gasteiger partial charge in [0, 0.05) is 56.0 Å². The molecule has 1 aromatic carbocycles. The van der Waals surface area contributed by atoms with Crippen LogP contribution in [0.3, 0.4) is 0 Å². The molecule has 3 aliphatic rings. The van der Waals surface area contributed by atoms with Crippen LogP contribution in [0, 0.1) is 0 Å². The lowest BCUT2D eigenvalue weighted by Gasteiger charge is -2.17. The maximum atomic E-state index is 12.4. The molecule has 4 rings (SSSR count). The van der Waals surface area contributed by atoms with Crippen LogP contribution in [-0.2, 0) is 105 Å². The Bertz CT molecular complexity index is 1780. The van der Waals surface area contributed by atoms with E-state index in [4.69, 9.17) is 76.0 Å². The minimum Gasteiger partial charge on any atom is -0.491 e. The Balaban J connectivity index is 0.893. The van der Waals surface area contributed by atoms with E-state index in [9.17, 15) is 38.4 Å². The molecule has 2 saturated heterocycles. The van der Waals surface area contributed by atoms with Gasteiger partial charge in [0.05, 0.1) is 177 Å². The zero-order valence-corrected chi connectivity index (χ0v) is 42.2. The average Bonchev–Trinajstić information content (AvgIpc) is 4.03. The maximum Gasteiger partial charge on any atom is 0.335 e. The molecule has 0 N–H and O–H groups in total. The van der Waals surface area contributed by atoms with E-state index >= 15 is 0 Å². The zero-order valence-electron chi connectivity index (χ0n) is 42.2. The van der Waals surface area contributed by atoms with Crippen molar-refractivity contribution in [2.24, 2.45) is 0 Å². The predicted molar refractivity (Wildman–Crippen MR) is 252 cm³/mol. The van der Waals surface area contributed by atoms with E-state index in [0.29, 0.717) is 146 Å². The molecule has 0 spiro atoms. The number of ether oxygens (including phenoxy) is 14. The lowest BCUT2D eigenvalue weighted by atomic mass is 10.2. The molecule has 0 atom stereocenters. The molecule has 3 aliphatic heterocycles. The standard InChI is InChI=1S/C48H69N3O24/c52-41-1-2-42(53)49(41)38-35-39(72-33-31-70-29-27-68-25-23-66-21-19-64-17-15-62-13-11-60-9-7-47(58)74-50-43(54)3-4-44(50)55)37-40(36-38)73-34-32-71-30-28-69-26-24-67-22-20-65-18-16-63-14-12-61-10-8-48(59)75-51-45(56)5-6-46(51)57/h1-2,35-37H,3-34H2. The van der Waals surface area contributed by atoms with E-state index in [1.807, 2.05) is 0 Å². The molecule has 0 aliphatic carbocycles. The fraction of sp³-hybridized carbons (Fsp3) is 0.667. The molecule has 0 saturated carbocycles. The highest BCUT2D eigenvalue weighted by Gasteiger charge is 2.34. The van der Waals surface area contributed by atoms with E-state index in [-0.39, 0.29) is 91.4 Å². The first kappa shape index (κ1) is 62.0. The van der Waals surface area contributed by atoms with E-state index in [2.05, 4.69) is 0 Å². The number of anilines is 1. The summed E-state index contributed by atoms with van der Waals surface area (Å²) in [5.74, 6) is -3.80. The Labute approximate surface area is 433 Å². The first-order valence-electron chi connectivity index (χ1n) is 24.6. The highest BCUT2D eigenvalue weighted by Crippen LogP contribution is 2.30. The van der Waals surface area contributed by atoms with Crippen molar-refractivity contribution in [2.45, 2.75) is 38.5 Å². The number of amides is 6. The quantitative estimate of drug-likeness (QED) is 0.0616. The second-order valence-electron chi connectivity index (χ2n) is 15.6. The van der Waals surface area contributed by atoms with E-state index in [1.54, 1.807) is 18.2 Å². The Morgan fingerprint density at radius 3 is 0.840 bits per heavy atom. The van der Waals surface area contributed by atoms with Gasteiger partial charge in [0.2, 0.25) is 0 Å². The van der Waals surface area contributed by atoms with Gasteiger partial charge >= 0.3 is 11.9 Å². The van der Waals surface area contributed by atoms with E-state index in [1.165, 1.54) is 12.2 Å². The van der Waals surface area contributed by atoms with Gasteiger partial charge in [0.1, 0.15) is 24.7 Å². The van der Waals surface area contributed by atoms with Crippen LogP contribution in [0.4, 0.5) is 5.69 Å². The van der Waals surface area contributed by atoms with Crippen LogP contribution >= 0.6 is 0 Å². The molecule has 27 heteroatoms. The zero-order chi connectivity index (χ0) is 53.6. The number of hydrogen-bond acceptors (Lipinski definition) is 24. The molecule has 0 bridgehead atoms. The smallest absolute Gasteiger partial charge is 0.335 e. The van der Waals surface area contributed by atoms with Gasteiger partial charge in [-0.3, -0.25) is 28.8 Å². The Kier molecular flexibility index (Phi) is 32.2. The number of imide groups is 3. The Morgan fingerprint density at radius 1 is 0.333 bits per heavy atom. The topological polar surface area (TPSA) is 294 Å². The van der Waals surface area contributed by atoms with Gasteiger partial charge in [-0.15, -0.1) is 10.1 Å². The van der Waals surface area contributed by atoms with Crippen LogP contribution in [0.15, 0.2) is 30.4 Å². The third-order valence-electron chi connectivity index (χ3n) is 9.94. The van der Waals surface area contributed by atoms with Crippen molar-refractivity contribution in [2.75, 3.05) is 177 Å². The van der Waals surface area contributed by atoms with Crippen LogP contribution in [0.1, 0.15) is 38.5 Å². The molecular formula is C48H69N3O24. The maximum absolute atomic E-state index is 12.4. The summed E-state index contributed by atoms with van der Waals surface area (Å²) in [6.07, 6.45) is 2.32. The van der Waals surface area contributed by atoms with Crippen molar-refractivity contribution in [3.8, 4) is 11.5 Å². The summed E-state index contributed by atoms with van der Waals surface area (Å²) in [7, 11) is 0. The summed E-state index contributed by atoms with van der Waals surface area (Å²) in [5.41, 5.74) is 0.292. The highest BCUT2D eigenvalue weighted by atomic mass is 16.7.